The number of likely N-dealkylation sites (N-methyl/N-ethyl adjacent to an activating group) is 4. The Morgan fingerprint density at radius 3 is 0.887 bits per heavy atom. The molecule has 12 atom stereocenters. The SMILES string of the molecule is CC[C@@H](CC(=O)N1C(=O)[C@H](Cc2ccnc(N)c2)[C@H]1C(=O)N(C)c1nccn1C)c1cc(C)ccc1C.CC[C@@H](CC(=O)N1C(=O)[C@H](Cc2ccnc(N)c2)[C@H]1C(=O)N(C)c1nccn1C)c1ccc(C)c(C)c1.CC[C@@H](CC(=O)N1C(=O)[C@H](Cc2ccnc(N)c2)[C@H]1C(=O)N(C)c1nccn1C)c1ccc(F)cc1.CC[C@@H](CC(=O)N1C(=O)[C@H](Cc2ccnc(N)c2)[C@H]1C(=O)N(C)c1nccn1C)c1ccc(OC(F)(F)F)cc1. The number of aryl methyl sites for hydroxylation is 8. The van der Waals surface area contributed by atoms with Gasteiger partial charge in [0.1, 0.15) is 59.0 Å². The van der Waals surface area contributed by atoms with Gasteiger partial charge in [0.05, 0.1) is 23.7 Å². The number of halogens is 4. The predicted octanol–water partition coefficient (Wildman–Crippen LogP) is 12.4. The zero-order chi connectivity index (χ0) is 109. The van der Waals surface area contributed by atoms with Gasteiger partial charge in [0.25, 0.3) is 23.6 Å². The summed E-state index contributed by atoms with van der Waals surface area (Å²) in [5, 5.41) is 0. The standard InChI is InChI=1S/2C28H34N6O3.C27H29F3N6O4.C26H29FN6O3/c1-6-20(21-8-7-17(2)18(3)13-21)16-24(35)34-25(27(37)33(5)28-31-11-12-32(28)4)22(26(34)36)14-19-9-10-30-23(29)15-19;1-6-20(21-13-17(2)7-8-18(21)3)16-24(35)34-25(27(37)33(5)28-31-11-12-32(28)4)22(26(34)36)14-19-9-10-30-23(29)15-19;1-4-17(18-5-7-19(8-6-18)40-27(28,29)30)15-22(37)36-23(25(39)35(3)26-33-11-12-34(26)2)20(24(36)38)13-16-9-10-32-21(31)14-16;1-4-17(18-5-7-19(27)8-6-18)15-22(34)33-23(25(36)32(3)26-30-11-12-31(26)2)20(24(33)35)13-16-9-10-29-21(28)14-16/h2*7-13,15,20,22,25H,6,14,16H2,1-5H3,(H2,29,30);5-12,14,17,20,23H,4,13,15H2,1-3H3,(H2,31,32);5-12,14,17,20,23H,4,13,15H2,1-3H3,(H2,28,29)/t2*20-,22+,25-;2*17-,20+,23-/m0000/s1. The van der Waals surface area contributed by atoms with Crippen molar-refractivity contribution in [3.8, 4) is 5.75 Å². The van der Waals surface area contributed by atoms with Crippen molar-refractivity contribution in [1.29, 1.82) is 0 Å². The smallest absolute Gasteiger partial charge is 0.406 e. The van der Waals surface area contributed by atoms with Gasteiger partial charge in [-0.15, -0.1) is 13.2 Å². The molecule has 0 bridgehead atoms. The van der Waals surface area contributed by atoms with Crippen molar-refractivity contribution in [2.75, 3.05) is 70.7 Å². The Balaban J connectivity index is 0.000000167. The third-order valence-electron chi connectivity index (χ3n) is 28.3. The lowest BCUT2D eigenvalue weighted by atomic mass is 9.80. The maximum Gasteiger partial charge on any atom is 0.573 e. The normalized spacial score (nSPS) is 17.9. The Labute approximate surface area is 866 Å². The molecule has 4 saturated heterocycles. The van der Waals surface area contributed by atoms with E-state index in [1.807, 2.05) is 60.6 Å². The first-order chi connectivity index (χ1) is 71.3. The minimum atomic E-state index is -4.82. The topological polar surface area (TPSA) is 467 Å². The van der Waals surface area contributed by atoms with Crippen molar-refractivity contribution >= 4 is 118 Å². The number of imide groups is 4. The number of carbonyl (C=O) groups is 12. The average Bonchev–Trinajstić information content (AvgIpc) is 1.08. The van der Waals surface area contributed by atoms with Crippen LogP contribution in [0.3, 0.4) is 0 Å². The summed E-state index contributed by atoms with van der Waals surface area (Å²) in [5.74, 6) is -6.32. The van der Waals surface area contributed by atoms with Crippen LogP contribution in [0.2, 0.25) is 0 Å². The molecule has 4 aromatic carbocycles. The Hall–Kier alpha value is -16.5. The highest BCUT2D eigenvalue weighted by Crippen LogP contribution is 2.43. The van der Waals surface area contributed by atoms with Gasteiger partial charge in [-0.2, -0.15) is 0 Å². The summed E-state index contributed by atoms with van der Waals surface area (Å²) in [5.41, 5.74) is 34.4. The largest absolute Gasteiger partial charge is 0.573 e. The molecule has 0 spiro atoms. The lowest BCUT2D eigenvalue weighted by molar-refractivity contribution is -0.274. The number of benzene rings is 4. The summed E-state index contributed by atoms with van der Waals surface area (Å²) < 4.78 is 61.6. The van der Waals surface area contributed by atoms with Crippen molar-refractivity contribution in [3.63, 3.8) is 0 Å². The van der Waals surface area contributed by atoms with Gasteiger partial charge in [0, 0.05) is 156 Å². The minimum Gasteiger partial charge on any atom is -0.406 e. The number of hydrogen-bond acceptors (Lipinski definition) is 25. The van der Waals surface area contributed by atoms with Gasteiger partial charge in [-0.05, 0) is 237 Å². The number of carbonyl (C=O) groups excluding carboxylic acids is 12. The van der Waals surface area contributed by atoms with Crippen LogP contribution < -0.4 is 47.3 Å². The number of anilines is 8. The van der Waals surface area contributed by atoms with Gasteiger partial charge in [-0.25, -0.2) is 44.3 Å². The molecule has 0 saturated carbocycles. The van der Waals surface area contributed by atoms with E-state index in [0.717, 1.165) is 82.5 Å². The molecular weight excluding hydrogens is 1930 g/mol. The molecule has 4 aliphatic rings. The van der Waals surface area contributed by atoms with E-state index in [2.05, 4.69) is 75.8 Å². The van der Waals surface area contributed by atoms with Crippen molar-refractivity contribution in [2.24, 2.45) is 51.9 Å². The van der Waals surface area contributed by atoms with Crippen LogP contribution in [0.25, 0.3) is 0 Å². The van der Waals surface area contributed by atoms with Gasteiger partial charge in [-0.1, -0.05) is 93.9 Å². The molecule has 0 radical (unpaired) electrons. The van der Waals surface area contributed by atoms with Crippen LogP contribution in [0, 0.1) is 57.2 Å². The lowest BCUT2D eigenvalue weighted by Gasteiger charge is -2.46. The molecule has 4 fully saturated rings. The van der Waals surface area contributed by atoms with Crippen molar-refractivity contribution < 1.29 is 79.8 Å². The number of ether oxygens (including phenoxy) is 1. The van der Waals surface area contributed by atoms with E-state index in [-0.39, 0.29) is 122 Å². The number of alkyl halides is 3. The number of amides is 12. The second-order valence-electron chi connectivity index (χ2n) is 38.3. The van der Waals surface area contributed by atoms with Gasteiger partial charge in [-0.3, -0.25) is 96.7 Å². The van der Waals surface area contributed by atoms with E-state index >= 15 is 0 Å². The molecule has 12 heterocycles. The highest BCUT2D eigenvalue weighted by Gasteiger charge is 2.60. The van der Waals surface area contributed by atoms with Crippen LogP contribution in [0.4, 0.5) is 64.6 Å². The van der Waals surface area contributed by atoms with Gasteiger partial charge >= 0.3 is 6.36 Å². The maximum absolute atomic E-state index is 13.7. The van der Waals surface area contributed by atoms with E-state index in [1.54, 1.807) is 190 Å². The third kappa shape index (κ3) is 25.1. The molecule has 16 rings (SSSR count). The summed E-state index contributed by atoms with van der Waals surface area (Å²) >= 11 is 0. The van der Waals surface area contributed by atoms with Crippen LogP contribution >= 0.6 is 0 Å². The predicted molar refractivity (Wildman–Crippen MR) is 554 cm³/mol. The van der Waals surface area contributed by atoms with E-state index in [0.29, 0.717) is 65.2 Å². The Morgan fingerprint density at radius 2 is 0.620 bits per heavy atom. The highest BCUT2D eigenvalue weighted by atomic mass is 19.4. The molecule has 8 N–H and O–H groups in total. The van der Waals surface area contributed by atoms with Gasteiger partial charge in [0.15, 0.2) is 0 Å². The third-order valence-corrected chi connectivity index (χ3v) is 28.3. The Bertz CT molecular complexity index is 6970. The first kappa shape index (κ1) is 111. The fourth-order valence-electron chi connectivity index (χ4n) is 19.7. The first-order valence-electron chi connectivity index (χ1n) is 49.3. The average molecular weight is 2060 g/mol. The fraction of sp³-hybridized carbons (Fsp3) is 0.376. The number of β-lactam (4-membered cyclic amide) rings is 4. The quantitative estimate of drug-likeness (QED) is 0.0219. The molecule has 150 heavy (non-hydrogen) atoms. The Morgan fingerprint density at radius 1 is 0.347 bits per heavy atom. The number of rotatable bonds is 33. The number of imidazole rings is 4. The highest BCUT2D eigenvalue weighted by molar-refractivity contribution is 6.16. The Kier molecular flexibility index (Phi) is 35.4. The molecule has 0 aliphatic carbocycles. The number of aromatic nitrogens is 12. The number of pyridine rings is 4. The summed E-state index contributed by atoms with van der Waals surface area (Å²) in [4.78, 5) is 205. The molecule has 37 nitrogen and oxygen atoms in total. The van der Waals surface area contributed by atoms with Crippen molar-refractivity contribution in [3.05, 3.63) is 280 Å². The molecule has 12 amide bonds. The van der Waals surface area contributed by atoms with E-state index in [4.69, 9.17) is 22.9 Å². The molecule has 0 unspecified atom stereocenters. The minimum absolute atomic E-state index is 0.0265. The summed E-state index contributed by atoms with van der Waals surface area (Å²) in [6, 6.07) is 33.3. The second-order valence-corrected chi connectivity index (χ2v) is 38.3. The van der Waals surface area contributed by atoms with E-state index in [1.165, 1.54) is 81.0 Å². The van der Waals surface area contributed by atoms with E-state index < -0.39 is 95.6 Å². The zero-order valence-electron chi connectivity index (χ0n) is 86.6. The van der Waals surface area contributed by atoms with Crippen molar-refractivity contribution in [1.82, 2.24) is 77.7 Å². The van der Waals surface area contributed by atoms with Crippen molar-refractivity contribution in [2.45, 2.75) is 187 Å². The van der Waals surface area contributed by atoms with Gasteiger partial charge < -0.3 is 45.9 Å². The molecular formula is C109H126F4N24O13. The molecule has 788 valence electrons. The fourth-order valence-corrected chi connectivity index (χ4v) is 19.7. The van der Waals surface area contributed by atoms with Crippen LogP contribution in [0.15, 0.2) is 208 Å². The summed E-state index contributed by atoms with van der Waals surface area (Å²) in [6.07, 6.45) is 18.3. The monoisotopic (exact) mass is 2050 g/mol. The maximum atomic E-state index is 13.7. The number of nitrogens with two attached hydrogens (primary N) is 4. The van der Waals surface area contributed by atoms with Crippen LogP contribution in [0.5, 0.6) is 5.75 Å². The van der Waals surface area contributed by atoms with Gasteiger partial charge in [0.2, 0.25) is 71.1 Å². The second kappa shape index (κ2) is 48.0. The number of nitrogen functional groups attached to an aromatic ring is 4. The number of likely N-dealkylation sites (tertiary alicyclic amines) is 4. The lowest BCUT2D eigenvalue weighted by Crippen LogP contribution is -2.69. The molecule has 4 aliphatic heterocycles. The molecule has 8 aromatic heterocycles. The molecule has 41 heteroatoms. The molecule has 12 aromatic rings. The van der Waals surface area contributed by atoms with Crippen LogP contribution in [0.1, 0.15) is 169 Å². The zero-order valence-corrected chi connectivity index (χ0v) is 86.6. The number of nitrogens with zero attached hydrogens (tertiary/aromatic N) is 20. The van der Waals surface area contributed by atoms with E-state index in [9.17, 15) is 75.1 Å². The first-order valence-corrected chi connectivity index (χ1v) is 49.3. The summed E-state index contributed by atoms with van der Waals surface area (Å²) in [7, 11) is 13.4. The number of hydrogen-bond donors (Lipinski definition) is 4. The van der Waals surface area contributed by atoms with Crippen LogP contribution in [-0.2, 0) is 111 Å². The van der Waals surface area contributed by atoms with Crippen LogP contribution in [-0.4, -0.2) is 207 Å². The summed E-state index contributed by atoms with van der Waals surface area (Å²) in [6.45, 7) is 16.0.